The second kappa shape index (κ2) is 7.84. The van der Waals surface area contributed by atoms with E-state index in [-0.39, 0.29) is 23.1 Å². The molecule has 3 aromatic rings. The lowest BCUT2D eigenvalue weighted by Gasteiger charge is -2.46. The van der Waals surface area contributed by atoms with Gasteiger partial charge in [0, 0.05) is 23.9 Å². The summed E-state index contributed by atoms with van der Waals surface area (Å²) in [4.78, 5) is 35.6. The van der Waals surface area contributed by atoms with Crippen molar-refractivity contribution in [1.82, 2.24) is 9.88 Å². The lowest BCUT2D eigenvalue weighted by Crippen LogP contribution is -2.58. The zero-order valence-corrected chi connectivity index (χ0v) is 18.7. The quantitative estimate of drug-likeness (QED) is 0.630. The number of nitrogens with two attached hydrogens (primary N) is 1. The van der Waals surface area contributed by atoms with E-state index in [0.29, 0.717) is 17.0 Å². The van der Waals surface area contributed by atoms with Gasteiger partial charge in [0.15, 0.2) is 23.8 Å². The van der Waals surface area contributed by atoms with Gasteiger partial charge in [0.25, 0.3) is 5.91 Å². The number of hydrogen-bond acceptors (Lipinski definition) is 6. The van der Waals surface area contributed by atoms with Crippen LogP contribution in [0.2, 0.25) is 0 Å². The topological polar surface area (TPSA) is 114 Å². The van der Waals surface area contributed by atoms with Crippen LogP contribution in [0, 0.1) is 11.2 Å². The molecule has 33 heavy (non-hydrogen) atoms. The predicted octanol–water partition coefficient (Wildman–Crippen LogP) is 3.76. The maximum Gasteiger partial charge on any atom is 0.278 e. The SMILES string of the molecule is CN1C(=O)C(C)(C)C(C)(c2cc(NC(=O)c3ncoc3-c3ccccc3)ccc2F)N=C1N. The average molecular weight is 449 g/mol. The summed E-state index contributed by atoms with van der Waals surface area (Å²) in [6.07, 6.45) is 1.19. The third-order valence-corrected chi connectivity index (χ3v) is 6.31. The molecule has 0 spiro atoms. The van der Waals surface area contributed by atoms with Gasteiger partial charge in [0.2, 0.25) is 5.91 Å². The Balaban J connectivity index is 1.71. The Kier molecular flexibility index (Phi) is 5.27. The molecule has 1 unspecified atom stereocenters. The Labute approximate surface area is 190 Å². The first-order valence-electron chi connectivity index (χ1n) is 10.3. The van der Waals surface area contributed by atoms with Crippen molar-refractivity contribution in [3.63, 3.8) is 0 Å². The number of nitrogens with zero attached hydrogens (tertiary/aromatic N) is 3. The van der Waals surface area contributed by atoms with E-state index in [2.05, 4.69) is 15.3 Å². The number of benzene rings is 2. The molecule has 2 amide bonds. The molecule has 170 valence electrons. The molecule has 0 saturated heterocycles. The summed E-state index contributed by atoms with van der Waals surface area (Å²) in [7, 11) is 1.53. The third kappa shape index (κ3) is 3.55. The number of oxazole rings is 1. The number of halogens is 1. The molecule has 1 aliphatic heterocycles. The second-order valence-corrected chi connectivity index (χ2v) is 8.58. The van der Waals surface area contributed by atoms with Crippen molar-refractivity contribution in [2.75, 3.05) is 12.4 Å². The van der Waals surface area contributed by atoms with Crippen LogP contribution in [0.4, 0.5) is 10.1 Å². The number of amides is 2. The highest BCUT2D eigenvalue weighted by Crippen LogP contribution is 2.47. The molecule has 1 atom stereocenters. The largest absolute Gasteiger partial charge is 0.443 e. The third-order valence-electron chi connectivity index (χ3n) is 6.31. The Morgan fingerprint density at radius 3 is 2.55 bits per heavy atom. The zero-order valence-electron chi connectivity index (χ0n) is 18.7. The van der Waals surface area contributed by atoms with Crippen molar-refractivity contribution in [3.8, 4) is 11.3 Å². The number of hydrogen-bond donors (Lipinski definition) is 2. The summed E-state index contributed by atoms with van der Waals surface area (Å²) in [5, 5.41) is 2.73. The fraction of sp³-hybridized carbons (Fsp3) is 0.250. The van der Waals surface area contributed by atoms with E-state index in [1.165, 1.54) is 36.5 Å². The highest BCUT2D eigenvalue weighted by atomic mass is 19.1. The zero-order chi connectivity index (χ0) is 24.0. The minimum Gasteiger partial charge on any atom is -0.443 e. The minimum atomic E-state index is -1.30. The van der Waals surface area contributed by atoms with Crippen molar-refractivity contribution in [1.29, 1.82) is 0 Å². The van der Waals surface area contributed by atoms with Crippen LogP contribution in [0.25, 0.3) is 11.3 Å². The highest BCUT2D eigenvalue weighted by Gasteiger charge is 2.53. The van der Waals surface area contributed by atoms with E-state index in [9.17, 15) is 9.59 Å². The average Bonchev–Trinajstić information content (AvgIpc) is 3.29. The summed E-state index contributed by atoms with van der Waals surface area (Å²) in [5.74, 6) is -1.06. The van der Waals surface area contributed by atoms with E-state index >= 15 is 4.39 Å². The molecule has 4 rings (SSSR count). The van der Waals surface area contributed by atoms with Crippen molar-refractivity contribution in [2.45, 2.75) is 26.3 Å². The van der Waals surface area contributed by atoms with Crippen LogP contribution >= 0.6 is 0 Å². The normalized spacial score (nSPS) is 19.8. The Morgan fingerprint density at radius 2 is 1.85 bits per heavy atom. The summed E-state index contributed by atoms with van der Waals surface area (Å²) in [6.45, 7) is 5.03. The van der Waals surface area contributed by atoms with Gasteiger partial charge in [0.05, 0.1) is 5.41 Å². The van der Waals surface area contributed by atoms with Crippen molar-refractivity contribution in [2.24, 2.45) is 16.1 Å². The van der Waals surface area contributed by atoms with Gasteiger partial charge in [-0.05, 0) is 39.0 Å². The summed E-state index contributed by atoms with van der Waals surface area (Å²) in [6, 6.07) is 13.2. The molecule has 3 N–H and O–H groups in total. The Morgan fingerprint density at radius 1 is 1.15 bits per heavy atom. The molecular weight excluding hydrogens is 425 g/mol. The van der Waals surface area contributed by atoms with Gasteiger partial charge < -0.3 is 15.5 Å². The first-order valence-corrected chi connectivity index (χ1v) is 10.3. The summed E-state index contributed by atoms with van der Waals surface area (Å²) >= 11 is 0. The molecule has 0 aliphatic carbocycles. The van der Waals surface area contributed by atoms with Gasteiger partial charge >= 0.3 is 0 Å². The molecule has 9 heteroatoms. The van der Waals surface area contributed by atoms with E-state index in [1.807, 2.05) is 18.2 Å². The number of aromatic nitrogens is 1. The van der Waals surface area contributed by atoms with Crippen LogP contribution in [0.15, 0.2) is 64.3 Å². The number of carbonyl (C=O) groups is 2. The summed E-state index contributed by atoms with van der Waals surface area (Å²) < 4.78 is 20.4. The first-order chi connectivity index (χ1) is 15.6. The number of anilines is 1. The maximum atomic E-state index is 15.0. The van der Waals surface area contributed by atoms with Crippen LogP contribution in [0.1, 0.15) is 36.8 Å². The summed E-state index contributed by atoms with van der Waals surface area (Å²) in [5.41, 5.74) is 4.80. The van der Waals surface area contributed by atoms with Crippen LogP contribution in [-0.2, 0) is 10.3 Å². The predicted molar refractivity (Wildman–Crippen MR) is 122 cm³/mol. The van der Waals surface area contributed by atoms with Crippen molar-refractivity contribution in [3.05, 3.63) is 72.0 Å². The molecule has 0 saturated carbocycles. The lowest BCUT2D eigenvalue weighted by atomic mass is 9.67. The van der Waals surface area contributed by atoms with E-state index in [1.54, 1.807) is 32.9 Å². The number of aliphatic imine (C=N–C) groups is 1. The first kappa shape index (κ1) is 22.2. The fourth-order valence-electron chi connectivity index (χ4n) is 3.94. The molecule has 1 aromatic heterocycles. The lowest BCUT2D eigenvalue weighted by molar-refractivity contribution is -0.140. The number of carbonyl (C=O) groups excluding carboxylic acids is 2. The van der Waals surface area contributed by atoms with Gasteiger partial charge in [-0.1, -0.05) is 30.3 Å². The molecule has 0 radical (unpaired) electrons. The van der Waals surface area contributed by atoms with E-state index in [0.717, 1.165) is 0 Å². The molecule has 0 fully saturated rings. The maximum absolute atomic E-state index is 15.0. The van der Waals surface area contributed by atoms with Gasteiger partial charge in [-0.3, -0.25) is 14.5 Å². The monoisotopic (exact) mass is 449 g/mol. The van der Waals surface area contributed by atoms with Gasteiger partial charge in [-0.25, -0.2) is 14.4 Å². The van der Waals surface area contributed by atoms with Crippen molar-refractivity contribution >= 4 is 23.5 Å². The van der Waals surface area contributed by atoms with Gasteiger partial charge in [-0.2, -0.15) is 0 Å². The smallest absolute Gasteiger partial charge is 0.278 e. The fourth-order valence-corrected chi connectivity index (χ4v) is 3.94. The van der Waals surface area contributed by atoms with Crippen molar-refractivity contribution < 1.29 is 18.4 Å². The molecular formula is C24H24FN5O3. The molecule has 1 aliphatic rings. The Hall–Kier alpha value is -4.01. The number of nitrogens with one attached hydrogen (secondary N) is 1. The minimum absolute atomic E-state index is 0.00855. The van der Waals surface area contributed by atoms with Gasteiger partial charge in [-0.15, -0.1) is 0 Å². The number of rotatable bonds is 4. The number of guanidine groups is 1. The van der Waals surface area contributed by atoms with Crippen LogP contribution in [0.3, 0.4) is 0 Å². The Bertz CT molecular complexity index is 1270. The van der Waals surface area contributed by atoms with E-state index < -0.39 is 22.7 Å². The molecule has 2 aromatic carbocycles. The van der Waals surface area contributed by atoms with E-state index in [4.69, 9.17) is 10.2 Å². The highest BCUT2D eigenvalue weighted by molar-refractivity contribution is 6.06. The van der Waals surface area contributed by atoms with Crippen LogP contribution in [-0.4, -0.2) is 34.7 Å². The van der Waals surface area contributed by atoms with Gasteiger partial charge in [0.1, 0.15) is 11.4 Å². The van der Waals surface area contributed by atoms with Crippen LogP contribution < -0.4 is 11.1 Å². The molecule has 0 bridgehead atoms. The molecule has 2 heterocycles. The molecule has 8 nitrogen and oxygen atoms in total. The second-order valence-electron chi connectivity index (χ2n) is 8.58. The van der Waals surface area contributed by atoms with Crippen LogP contribution in [0.5, 0.6) is 0 Å². The standard InChI is InChI=1S/C24H24FN5O3/c1-23(2)21(32)30(4)22(26)29-24(23,3)16-12-15(10-11-17(16)25)28-20(31)18-19(33-13-27-18)14-8-6-5-7-9-14/h5-13H,1-4H3,(H2,26,29)(H,28,31).